The molecule has 1 unspecified atom stereocenters. The topological polar surface area (TPSA) is 49.3 Å². The van der Waals surface area contributed by atoms with Gasteiger partial charge in [0.15, 0.2) is 0 Å². The first kappa shape index (κ1) is 11.1. The fourth-order valence-electron chi connectivity index (χ4n) is 1.74. The minimum Gasteiger partial charge on any atom is -0.480 e. The number of nitrogens with one attached hydrogen (secondary N) is 1. The highest BCUT2D eigenvalue weighted by Gasteiger charge is 2.29. The lowest BCUT2D eigenvalue weighted by molar-refractivity contribution is -0.139. The number of hydrogen-bond donors (Lipinski definition) is 2. The summed E-state index contributed by atoms with van der Waals surface area (Å²) in [7, 11) is 0. The summed E-state index contributed by atoms with van der Waals surface area (Å²) in [6, 6.07) is 5.67. The molecule has 3 nitrogen and oxygen atoms in total. The van der Waals surface area contributed by atoms with Gasteiger partial charge in [0.25, 0.3) is 0 Å². The summed E-state index contributed by atoms with van der Waals surface area (Å²) in [5, 5.41) is 12.4. The van der Waals surface area contributed by atoms with Crippen LogP contribution < -0.4 is 5.32 Å². The minimum absolute atomic E-state index is 0.391. The molecule has 1 fully saturated rings. The maximum Gasteiger partial charge on any atom is 0.325 e. The Balaban J connectivity index is 2.22. The molecule has 0 aliphatic heterocycles. The van der Waals surface area contributed by atoms with E-state index >= 15 is 0 Å². The van der Waals surface area contributed by atoms with Crippen LogP contribution in [0.25, 0.3) is 0 Å². The Kier molecular flexibility index (Phi) is 2.97. The largest absolute Gasteiger partial charge is 0.480 e. The summed E-state index contributed by atoms with van der Waals surface area (Å²) < 4.78 is 0. The lowest BCUT2D eigenvalue weighted by Crippen LogP contribution is -2.30. The van der Waals surface area contributed by atoms with E-state index in [-0.39, 0.29) is 0 Å². The van der Waals surface area contributed by atoms with E-state index in [4.69, 9.17) is 0 Å². The molecule has 0 amide bonds. The zero-order valence-electron chi connectivity index (χ0n) is 9.66. The van der Waals surface area contributed by atoms with Crippen LogP contribution >= 0.6 is 0 Å². The first-order valence-electron chi connectivity index (χ1n) is 5.64. The van der Waals surface area contributed by atoms with Crippen LogP contribution in [0.1, 0.15) is 35.6 Å². The molecule has 1 aliphatic carbocycles. The monoisotopic (exact) mass is 219 g/mol. The van der Waals surface area contributed by atoms with Crippen LogP contribution in [0.2, 0.25) is 0 Å². The molecule has 3 heteroatoms. The highest BCUT2D eigenvalue weighted by molar-refractivity contribution is 5.75. The van der Waals surface area contributed by atoms with Gasteiger partial charge in [0.05, 0.1) is 0 Å². The average Bonchev–Trinajstić information content (AvgIpc) is 3.02. The molecule has 0 saturated heterocycles. The Morgan fingerprint density at radius 1 is 1.38 bits per heavy atom. The van der Waals surface area contributed by atoms with Gasteiger partial charge in [-0.25, -0.2) is 0 Å². The first-order chi connectivity index (χ1) is 7.58. The molecule has 0 heterocycles. The van der Waals surface area contributed by atoms with Gasteiger partial charge < -0.3 is 5.11 Å². The predicted octanol–water partition coefficient (Wildman–Crippen LogP) is 2.18. The fraction of sp³-hybridized carbons (Fsp3) is 0.462. The molecule has 86 valence electrons. The van der Waals surface area contributed by atoms with E-state index in [9.17, 15) is 9.90 Å². The van der Waals surface area contributed by atoms with Crippen molar-refractivity contribution in [2.24, 2.45) is 0 Å². The van der Waals surface area contributed by atoms with Crippen LogP contribution in [0, 0.1) is 13.8 Å². The second-order valence-corrected chi connectivity index (χ2v) is 4.56. The zero-order valence-corrected chi connectivity index (χ0v) is 9.66. The van der Waals surface area contributed by atoms with Crippen LogP contribution in [0.15, 0.2) is 18.2 Å². The molecule has 1 atom stereocenters. The van der Waals surface area contributed by atoms with Crippen LogP contribution in [-0.4, -0.2) is 17.1 Å². The van der Waals surface area contributed by atoms with Crippen molar-refractivity contribution < 1.29 is 9.90 Å². The van der Waals surface area contributed by atoms with Gasteiger partial charge in [-0.3, -0.25) is 10.1 Å². The number of carboxylic acids is 1. The van der Waals surface area contributed by atoms with Gasteiger partial charge in [-0.15, -0.1) is 0 Å². The molecule has 0 aromatic heterocycles. The van der Waals surface area contributed by atoms with Crippen molar-refractivity contribution in [2.45, 2.75) is 38.8 Å². The Morgan fingerprint density at radius 2 is 2.06 bits per heavy atom. The van der Waals surface area contributed by atoms with E-state index in [0.29, 0.717) is 6.04 Å². The summed E-state index contributed by atoms with van der Waals surface area (Å²) in [6.07, 6.45) is 2.18. The highest BCUT2D eigenvalue weighted by atomic mass is 16.4. The van der Waals surface area contributed by atoms with E-state index in [1.807, 2.05) is 32.0 Å². The molecule has 2 N–H and O–H groups in total. The van der Waals surface area contributed by atoms with Gasteiger partial charge >= 0.3 is 5.97 Å². The smallest absolute Gasteiger partial charge is 0.325 e. The van der Waals surface area contributed by atoms with Crippen molar-refractivity contribution in [2.75, 3.05) is 0 Å². The van der Waals surface area contributed by atoms with Crippen molar-refractivity contribution in [3.8, 4) is 0 Å². The predicted molar refractivity (Wildman–Crippen MR) is 62.5 cm³/mol. The van der Waals surface area contributed by atoms with Crippen molar-refractivity contribution in [1.29, 1.82) is 0 Å². The SMILES string of the molecule is Cc1ccc(C(NC2CC2)C(=O)O)cc1C. The Labute approximate surface area is 95.5 Å². The minimum atomic E-state index is -0.796. The van der Waals surface area contributed by atoms with E-state index < -0.39 is 12.0 Å². The molecule has 0 spiro atoms. The third kappa shape index (κ3) is 2.42. The molecule has 1 aromatic carbocycles. The van der Waals surface area contributed by atoms with Crippen LogP contribution in [0.4, 0.5) is 0 Å². The quantitative estimate of drug-likeness (QED) is 0.816. The normalized spacial score (nSPS) is 17.1. The maximum absolute atomic E-state index is 11.2. The summed E-state index contributed by atoms with van der Waals surface area (Å²) in [4.78, 5) is 11.2. The Hall–Kier alpha value is -1.35. The van der Waals surface area contributed by atoms with Crippen LogP contribution in [0.3, 0.4) is 0 Å². The summed E-state index contributed by atoms with van der Waals surface area (Å²) >= 11 is 0. The third-order valence-corrected chi connectivity index (χ3v) is 3.09. The van der Waals surface area contributed by atoms with Crippen molar-refractivity contribution in [3.63, 3.8) is 0 Å². The maximum atomic E-state index is 11.2. The fourth-order valence-corrected chi connectivity index (χ4v) is 1.74. The number of carbonyl (C=O) groups is 1. The molecular formula is C13H17NO2. The molecular weight excluding hydrogens is 202 g/mol. The van der Waals surface area contributed by atoms with Gasteiger partial charge in [0.1, 0.15) is 6.04 Å². The number of rotatable bonds is 4. The average molecular weight is 219 g/mol. The van der Waals surface area contributed by atoms with E-state index in [2.05, 4.69) is 5.32 Å². The molecule has 1 aromatic rings. The lowest BCUT2D eigenvalue weighted by atomic mass is 10.0. The second kappa shape index (κ2) is 4.26. The van der Waals surface area contributed by atoms with Gasteiger partial charge in [0.2, 0.25) is 0 Å². The molecule has 1 saturated carbocycles. The van der Waals surface area contributed by atoms with Crippen LogP contribution in [0.5, 0.6) is 0 Å². The molecule has 0 bridgehead atoms. The standard InChI is InChI=1S/C13H17NO2/c1-8-3-4-10(7-9(8)2)12(13(15)16)14-11-5-6-11/h3-4,7,11-12,14H,5-6H2,1-2H3,(H,15,16). The second-order valence-electron chi connectivity index (χ2n) is 4.56. The number of hydrogen-bond acceptors (Lipinski definition) is 2. The third-order valence-electron chi connectivity index (χ3n) is 3.09. The summed E-state index contributed by atoms with van der Waals surface area (Å²) in [5.74, 6) is -0.796. The number of aliphatic carboxylic acids is 1. The molecule has 16 heavy (non-hydrogen) atoms. The Morgan fingerprint density at radius 3 is 2.56 bits per heavy atom. The molecule has 1 aliphatic rings. The van der Waals surface area contributed by atoms with E-state index in [1.54, 1.807) is 0 Å². The lowest BCUT2D eigenvalue weighted by Gasteiger charge is -2.15. The van der Waals surface area contributed by atoms with Gasteiger partial charge in [-0.2, -0.15) is 0 Å². The van der Waals surface area contributed by atoms with Gasteiger partial charge in [-0.1, -0.05) is 18.2 Å². The van der Waals surface area contributed by atoms with Crippen molar-refractivity contribution in [3.05, 3.63) is 34.9 Å². The van der Waals surface area contributed by atoms with E-state index in [0.717, 1.165) is 24.0 Å². The van der Waals surface area contributed by atoms with Crippen LogP contribution in [-0.2, 0) is 4.79 Å². The highest BCUT2D eigenvalue weighted by Crippen LogP contribution is 2.25. The zero-order chi connectivity index (χ0) is 11.7. The van der Waals surface area contributed by atoms with E-state index in [1.165, 1.54) is 5.56 Å². The Bertz CT molecular complexity index is 410. The number of aryl methyl sites for hydroxylation is 2. The molecule has 2 rings (SSSR count). The summed E-state index contributed by atoms with van der Waals surface area (Å²) in [5.41, 5.74) is 3.18. The first-order valence-corrected chi connectivity index (χ1v) is 5.64. The number of benzene rings is 1. The molecule has 0 radical (unpaired) electrons. The van der Waals surface area contributed by atoms with Gasteiger partial charge in [0, 0.05) is 6.04 Å². The van der Waals surface area contributed by atoms with Crippen molar-refractivity contribution >= 4 is 5.97 Å². The van der Waals surface area contributed by atoms with Crippen molar-refractivity contribution in [1.82, 2.24) is 5.32 Å². The number of carboxylic acid groups (broad SMARTS) is 1. The summed E-state index contributed by atoms with van der Waals surface area (Å²) in [6.45, 7) is 4.04. The van der Waals surface area contributed by atoms with Gasteiger partial charge in [-0.05, 0) is 43.4 Å².